The van der Waals surface area contributed by atoms with Crippen LogP contribution >= 0.6 is 11.6 Å². The van der Waals surface area contributed by atoms with Crippen LogP contribution in [0.15, 0.2) is 75.1 Å². The molecule has 5 aromatic rings. The van der Waals surface area contributed by atoms with E-state index in [0.717, 1.165) is 12.1 Å². The fraction of sp³-hybridized carbons (Fsp3) is 0.0800. The van der Waals surface area contributed by atoms with Crippen molar-refractivity contribution >= 4 is 38.3 Å². The zero-order chi connectivity index (χ0) is 28.6. The first-order valence-electron chi connectivity index (χ1n) is 11.2. The van der Waals surface area contributed by atoms with Gasteiger partial charge in [0.05, 0.1) is 17.5 Å². The van der Waals surface area contributed by atoms with E-state index in [-0.39, 0.29) is 38.7 Å². The van der Waals surface area contributed by atoms with E-state index in [1.165, 1.54) is 60.4 Å². The van der Waals surface area contributed by atoms with E-state index in [9.17, 15) is 26.4 Å². The van der Waals surface area contributed by atoms with E-state index in [1.54, 1.807) is 0 Å². The molecule has 0 unspecified atom stereocenters. The molecule has 1 N–H and O–H groups in total. The Labute approximate surface area is 228 Å². The number of rotatable bonds is 8. The summed E-state index contributed by atoms with van der Waals surface area (Å²) >= 11 is 6.35. The maximum atomic E-state index is 13.5. The molecule has 2 aromatic carbocycles. The molecule has 0 amide bonds. The topological polar surface area (TPSA) is 126 Å². The summed E-state index contributed by atoms with van der Waals surface area (Å²) in [4.78, 5) is 17.0. The molecule has 10 nitrogen and oxygen atoms in total. The fourth-order valence-corrected chi connectivity index (χ4v) is 5.03. The molecule has 5 rings (SSSR count). The second-order valence-electron chi connectivity index (χ2n) is 8.18. The van der Waals surface area contributed by atoms with Crippen molar-refractivity contribution in [2.75, 3.05) is 11.8 Å². The van der Waals surface area contributed by atoms with E-state index < -0.39 is 39.6 Å². The highest BCUT2D eigenvalue weighted by Gasteiger charge is 2.20. The van der Waals surface area contributed by atoms with Crippen LogP contribution in [0.1, 0.15) is 5.56 Å². The number of halogens is 4. The summed E-state index contributed by atoms with van der Waals surface area (Å²) < 4.78 is 84.8. The number of hydrogen-bond acceptors (Lipinski definition) is 8. The Hall–Kier alpha value is -4.56. The van der Waals surface area contributed by atoms with Gasteiger partial charge < -0.3 is 14.0 Å². The number of hydrogen-bond donors (Lipinski definition) is 1. The third kappa shape index (κ3) is 5.18. The maximum absolute atomic E-state index is 13.5. The van der Waals surface area contributed by atoms with Gasteiger partial charge in [0, 0.05) is 17.5 Å². The third-order valence-electron chi connectivity index (χ3n) is 5.60. The number of benzene rings is 2. The van der Waals surface area contributed by atoms with Crippen molar-refractivity contribution < 1.29 is 35.6 Å². The van der Waals surface area contributed by atoms with Crippen LogP contribution in [0.2, 0.25) is 5.02 Å². The quantitative estimate of drug-likeness (QED) is 0.254. The first-order chi connectivity index (χ1) is 19.1. The zero-order valence-corrected chi connectivity index (χ0v) is 21.8. The number of methoxy groups -OCH3 is 1. The van der Waals surface area contributed by atoms with E-state index in [4.69, 9.17) is 21.1 Å². The number of pyridine rings is 2. The molecule has 3 heterocycles. The van der Waals surface area contributed by atoms with Crippen molar-refractivity contribution in [3.8, 4) is 17.4 Å². The summed E-state index contributed by atoms with van der Waals surface area (Å²) in [5.41, 5.74) is -0.127. The molecule has 0 saturated carbocycles. The molecular weight excluding hydrogens is 577 g/mol. The fourth-order valence-electron chi connectivity index (χ4n) is 3.80. The Morgan fingerprint density at radius 1 is 1.02 bits per heavy atom. The van der Waals surface area contributed by atoms with Crippen molar-refractivity contribution in [1.82, 2.24) is 14.7 Å². The van der Waals surface area contributed by atoms with Crippen LogP contribution in [0.3, 0.4) is 0 Å². The van der Waals surface area contributed by atoms with Gasteiger partial charge in [-0.25, -0.2) is 21.6 Å². The summed E-state index contributed by atoms with van der Waals surface area (Å²) in [6.07, 6.45) is 1.21. The Morgan fingerprint density at radius 3 is 2.45 bits per heavy atom. The monoisotopic (exact) mass is 592 g/mol. The molecule has 15 heteroatoms. The number of sulfonamides is 1. The lowest BCUT2D eigenvalue weighted by Crippen LogP contribution is -2.19. The van der Waals surface area contributed by atoms with Crippen molar-refractivity contribution in [2.24, 2.45) is 0 Å². The van der Waals surface area contributed by atoms with Crippen LogP contribution in [0.25, 0.3) is 16.6 Å². The number of anilines is 1. The molecule has 0 atom stereocenters. The van der Waals surface area contributed by atoms with Gasteiger partial charge >= 0.3 is 0 Å². The molecular formula is C25H16ClF3N4O6S. The van der Waals surface area contributed by atoms with Gasteiger partial charge in [0.15, 0.2) is 23.3 Å². The van der Waals surface area contributed by atoms with Gasteiger partial charge in [-0.15, -0.1) is 0 Å². The second-order valence-corrected chi connectivity index (χ2v) is 10.3. The van der Waals surface area contributed by atoms with E-state index in [2.05, 4.69) is 19.4 Å². The Morgan fingerprint density at radius 2 is 1.77 bits per heavy atom. The predicted molar refractivity (Wildman–Crippen MR) is 137 cm³/mol. The number of aromatic nitrogens is 3. The van der Waals surface area contributed by atoms with Crippen molar-refractivity contribution in [2.45, 2.75) is 11.5 Å². The van der Waals surface area contributed by atoms with Gasteiger partial charge in [-0.3, -0.25) is 14.1 Å². The number of nitrogens with zero attached hydrogens (tertiary/aromatic N) is 3. The van der Waals surface area contributed by atoms with Crippen LogP contribution in [0.5, 0.6) is 11.8 Å². The lowest BCUT2D eigenvalue weighted by molar-refractivity contribution is 0.285. The standard InChI is InChI=1S/C25H16ClF3N4O6S/c1-37-25-20(11-16(26)24(30-25)38-12-13-8-17(27)23(29)18(28)9-13)33-19-4-3-15(10-14(19)2-5-22(33)34)40(35,36)32-21-6-7-39-31-21/h2-11H,12H2,1H3,(H,31,32). The van der Waals surface area contributed by atoms with Crippen molar-refractivity contribution in [1.29, 1.82) is 0 Å². The Kier molecular flexibility index (Phi) is 7.12. The summed E-state index contributed by atoms with van der Waals surface area (Å²) in [5, 5.41) is 3.82. The predicted octanol–water partition coefficient (Wildman–Crippen LogP) is 4.83. The highest BCUT2D eigenvalue weighted by Crippen LogP contribution is 2.33. The average Bonchev–Trinajstić information content (AvgIpc) is 3.43. The minimum atomic E-state index is -4.03. The molecule has 0 fully saturated rings. The van der Waals surface area contributed by atoms with Gasteiger partial charge in [0.1, 0.15) is 23.6 Å². The van der Waals surface area contributed by atoms with Crippen molar-refractivity contribution in [3.63, 3.8) is 0 Å². The normalized spacial score (nSPS) is 11.5. The molecule has 206 valence electrons. The maximum Gasteiger partial charge on any atom is 0.263 e. The molecule has 0 saturated heterocycles. The van der Waals surface area contributed by atoms with Crippen molar-refractivity contribution in [3.05, 3.63) is 99.3 Å². The van der Waals surface area contributed by atoms with Crippen LogP contribution in [0.4, 0.5) is 19.0 Å². The van der Waals surface area contributed by atoms with Gasteiger partial charge in [-0.1, -0.05) is 16.8 Å². The lowest BCUT2D eigenvalue weighted by atomic mass is 10.2. The van der Waals surface area contributed by atoms with E-state index in [0.29, 0.717) is 10.9 Å². The molecule has 0 bridgehead atoms. The highest BCUT2D eigenvalue weighted by molar-refractivity contribution is 7.92. The largest absolute Gasteiger partial charge is 0.479 e. The number of fused-ring (bicyclic) bond motifs is 1. The first kappa shape index (κ1) is 27.0. The van der Waals surface area contributed by atoms with Gasteiger partial charge in [-0.2, -0.15) is 4.98 Å². The minimum Gasteiger partial charge on any atom is -0.479 e. The van der Waals surface area contributed by atoms with Crippen LogP contribution in [0, 0.1) is 17.5 Å². The van der Waals surface area contributed by atoms with Crippen LogP contribution < -0.4 is 19.8 Å². The molecule has 0 radical (unpaired) electrons. The third-order valence-corrected chi connectivity index (χ3v) is 7.22. The first-order valence-corrected chi connectivity index (χ1v) is 13.0. The average molecular weight is 593 g/mol. The SMILES string of the molecule is COc1nc(OCc2cc(F)c(F)c(F)c2)c(Cl)cc1-n1c(=O)ccc2cc(S(=O)(=O)Nc3ccon3)ccc21. The summed E-state index contributed by atoms with van der Waals surface area (Å²) in [6.45, 7) is -0.406. The lowest BCUT2D eigenvalue weighted by Gasteiger charge is -2.16. The molecule has 0 spiro atoms. The summed E-state index contributed by atoms with van der Waals surface area (Å²) in [6, 6.07) is 10.9. The Balaban J connectivity index is 1.52. The van der Waals surface area contributed by atoms with Gasteiger partial charge in [0.25, 0.3) is 15.6 Å². The van der Waals surface area contributed by atoms with Crippen LogP contribution in [-0.2, 0) is 16.6 Å². The van der Waals surface area contributed by atoms with Gasteiger partial charge in [0.2, 0.25) is 11.8 Å². The van der Waals surface area contributed by atoms with Crippen LogP contribution in [-0.4, -0.2) is 30.2 Å². The molecule has 0 aliphatic carbocycles. The van der Waals surface area contributed by atoms with Gasteiger partial charge in [-0.05, 0) is 48.0 Å². The molecule has 3 aromatic heterocycles. The number of nitrogens with one attached hydrogen (secondary N) is 1. The molecule has 40 heavy (non-hydrogen) atoms. The van der Waals surface area contributed by atoms with E-state index >= 15 is 0 Å². The summed E-state index contributed by atoms with van der Waals surface area (Å²) in [7, 11) is -2.74. The molecule has 0 aliphatic heterocycles. The zero-order valence-electron chi connectivity index (χ0n) is 20.2. The molecule has 0 aliphatic rings. The minimum absolute atomic E-state index is 0.00692. The Bertz CT molecular complexity index is 1890. The highest BCUT2D eigenvalue weighted by atomic mass is 35.5. The second kappa shape index (κ2) is 10.5. The number of ether oxygens (including phenoxy) is 2. The summed E-state index contributed by atoms with van der Waals surface area (Å²) in [5.74, 6) is -4.67. The van der Waals surface area contributed by atoms with E-state index in [1.807, 2.05) is 0 Å². The smallest absolute Gasteiger partial charge is 0.263 e.